The first kappa shape index (κ1) is 18.1. The van der Waals surface area contributed by atoms with Crippen molar-refractivity contribution in [3.05, 3.63) is 62.9 Å². The number of cyclic esters (lactones) is 1. The summed E-state index contributed by atoms with van der Waals surface area (Å²) in [4.78, 5) is 57.1. The second kappa shape index (κ2) is 6.83. The van der Waals surface area contributed by atoms with Crippen molar-refractivity contribution in [3.63, 3.8) is 0 Å². The highest BCUT2D eigenvalue weighted by molar-refractivity contribution is 6.08. The number of para-hydroxylation sites is 2. The maximum absolute atomic E-state index is 12.8. The van der Waals surface area contributed by atoms with E-state index in [9.17, 15) is 19.2 Å². The van der Waals surface area contributed by atoms with Crippen molar-refractivity contribution in [3.8, 4) is 0 Å². The minimum atomic E-state index is -0.589. The number of rotatable bonds is 4. The normalized spacial score (nSPS) is 16.0. The first-order valence-electron chi connectivity index (χ1n) is 9.52. The van der Waals surface area contributed by atoms with Gasteiger partial charge in [0.2, 0.25) is 0 Å². The van der Waals surface area contributed by atoms with Gasteiger partial charge in [-0.2, -0.15) is 0 Å². The minimum Gasteiger partial charge on any atom is -0.447 e. The number of anilines is 2. The molecule has 0 radical (unpaired) electrons. The van der Waals surface area contributed by atoms with Crippen LogP contribution in [0.2, 0.25) is 0 Å². The molecule has 2 amide bonds. The predicted molar refractivity (Wildman–Crippen MR) is 108 cm³/mol. The van der Waals surface area contributed by atoms with E-state index < -0.39 is 23.2 Å². The Labute approximate surface area is 169 Å². The van der Waals surface area contributed by atoms with Crippen LogP contribution in [0, 0.1) is 0 Å². The van der Waals surface area contributed by atoms with E-state index in [2.05, 4.69) is 15.3 Å². The maximum atomic E-state index is 12.8. The number of aromatic nitrogens is 3. The molecule has 10 nitrogen and oxygen atoms in total. The SMILES string of the molecule is O=C(Nc1ccccc1N1CCOC1=O)c1cnc2c(c1)c(=O)[nH]c(=O)n2C1CC1. The van der Waals surface area contributed by atoms with Gasteiger partial charge in [0.25, 0.3) is 11.5 Å². The average Bonchev–Trinajstić information content (AvgIpc) is 3.48. The minimum absolute atomic E-state index is 0.0242. The van der Waals surface area contributed by atoms with Crippen LogP contribution < -0.4 is 21.5 Å². The summed E-state index contributed by atoms with van der Waals surface area (Å²) < 4.78 is 6.43. The van der Waals surface area contributed by atoms with Crippen molar-refractivity contribution < 1.29 is 14.3 Å². The Morgan fingerprint density at radius 1 is 1.20 bits per heavy atom. The highest BCUT2D eigenvalue weighted by Gasteiger charge is 2.28. The van der Waals surface area contributed by atoms with E-state index in [1.54, 1.807) is 24.3 Å². The van der Waals surface area contributed by atoms with E-state index in [4.69, 9.17) is 4.74 Å². The van der Waals surface area contributed by atoms with Crippen molar-refractivity contribution in [2.45, 2.75) is 18.9 Å². The van der Waals surface area contributed by atoms with Gasteiger partial charge in [-0.25, -0.2) is 14.6 Å². The molecular weight excluding hydrogens is 390 g/mol. The zero-order valence-corrected chi connectivity index (χ0v) is 15.8. The fourth-order valence-electron chi connectivity index (χ4n) is 3.55. The number of amides is 2. The van der Waals surface area contributed by atoms with Crippen LogP contribution in [-0.4, -0.2) is 39.7 Å². The molecule has 1 saturated heterocycles. The summed E-state index contributed by atoms with van der Waals surface area (Å²) in [5, 5.41) is 2.93. The van der Waals surface area contributed by atoms with Crippen molar-refractivity contribution in [2.75, 3.05) is 23.4 Å². The van der Waals surface area contributed by atoms with Gasteiger partial charge < -0.3 is 10.1 Å². The first-order chi connectivity index (χ1) is 14.5. The molecule has 0 spiro atoms. The molecule has 0 unspecified atom stereocenters. The standard InChI is InChI=1S/C20H17N5O5/c26-17(22-14-3-1-2-4-15(14)24-7-8-30-20(24)29)11-9-13-16(21-10-11)25(12-5-6-12)19(28)23-18(13)27/h1-4,9-10,12H,5-8H2,(H,22,26)(H,23,27,28). The van der Waals surface area contributed by atoms with Crippen LogP contribution in [0.3, 0.4) is 0 Å². The molecule has 152 valence electrons. The number of fused-ring (bicyclic) bond motifs is 1. The van der Waals surface area contributed by atoms with E-state index in [-0.39, 0.29) is 29.2 Å². The highest BCUT2D eigenvalue weighted by Crippen LogP contribution is 2.34. The van der Waals surface area contributed by atoms with Crippen LogP contribution >= 0.6 is 0 Å². The van der Waals surface area contributed by atoms with Gasteiger partial charge in [-0.05, 0) is 31.0 Å². The van der Waals surface area contributed by atoms with E-state index in [1.807, 2.05) is 0 Å². The van der Waals surface area contributed by atoms with Crippen LogP contribution in [0.15, 0.2) is 46.1 Å². The third-order valence-corrected chi connectivity index (χ3v) is 5.16. The molecule has 0 atom stereocenters. The molecule has 0 bridgehead atoms. The van der Waals surface area contributed by atoms with E-state index in [0.29, 0.717) is 17.9 Å². The zero-order chi connectivity index (χ0) is 20.8. The number of carbonyl (C=O) groups is 2. The molecule has 3 aromatic rings. The summed E-state index contributed by atoms with van der Waals surface area (Å²) in [7, 11) is 0. The lowest BCUT2D eigenvalue weighted by Gasteiger charge is -2.17. The molecule has 30 heavy (non-hydrogen) atoms. The predicted octanol–water partition coefficient (Wildman–Crippen LogP) is 1.63. The summed E-state index contributed by atoms with van der Waals surface area (Å²) >= 11 is 0. The lowest BCUT2D eigenvalue weighted by Crippen LogP contribution is -2.30. The number of hydrogen-bond acceptors (Lipinski definition) is 6. The number of carbonyl (C=O) groups excluding carboxylic acids is 2. The molecule has 10 heteroatoms. The van der Waals surface area contributed by atoms with E-state index >= 15 is 0 Å². The lowest BCUT2D eigenvalue weighted by molar-refractivity contribution is 0.102. The second-order valence-corrected chi connectivity index (χ2v) is 7.19. The van der Waals surface area contributed by atoms with Gasteiger partial charge in [-0.3, -0.25) is 24.0 Å². The molecule has 1 saturated carbocycles. The van der Waals surface area contributed by atoms with Gasteiger partial charge in [0.15, 0.2) is 0 Å². The van der Waals surface area contributed by atoms with Crippen LogP contribution in [0.25, 0.3) is 11.0 Å². The van der Waals surface area contributed by atoms with Gasteiger partial charge >= 0.3 is 11.8 Å². The molecule has 2 fully saturated rings. The Morgan fingerprint density at radius 2 is 2.00 bits per heavy atom. The molecule has 1 aliphatic carbocycles. The monoisotopic (exact) mass is 407 g/mol. The number of nitrogens with zero attached hydrogens (tertiary/aromatic N) is 3. The summed E-state index contributed by atoms with van der Waals surface area (Å²) in [5.41, 5.74) is 0.289. The van der Waals surface area contributed by atoms with Crippen LogP contribution in [0.4, 0.5) is 16.2 Å². The highest BCUT2D eigenvalue weighted by atomic mass is 16.6. The smallest absolute Gasteiger partial charge is 0.414 e. The molecule has 3 heterocycles. The third kappa shape index (κ3) is 3.02. The van der Waals surface area contributed by atoms with Gasteiger partial charge in [0, 0.05) is 12.2 Å². The number of aromatic amines is 1. The molecular formula is C20H17N5O5. The average molecular weight is 407 g/mol. The summed E-state index contributed by atoms with van der Waals surface area (Å²) in [6.07, 6.45) is 2.55. The summed E-state index contributed by atoms with van der Waals surface area (Å²) in [6, 6.07) is 8.31. The Kier molecular flexibility index (Phi) is 4.12. The van der Waals surface area contributed by atoms with Crippen LogP contribution in [0.1, 0.15) is 29.2 Å². The van der Waals surface area contributed by atoms with E-state index in [1.165, 1.54) is 21.7 Å². The van der Waals surface area contributed by atoms with Crippen LogP contribution in [0.5, 0.6) is 0 Å². The number of benzene rings is 1. The third-order valence-electron chi connectivity index (χ3n) is 5.16. The number of H-pyrrole nitrogens is 1. The second-order valence-electron chi connectivity index (χ2n) is 7.19. The van der Waals surface area contributed by atoms with Crippen LogP contribution in [-0.2, 0) is 4.74 Å². The van der Waals surface area contributed by atoms with Gasteiger partial charge in [-0.1, -0.05) is 12.1 Å². The fourth-order valence-corrected chi connectivity index (χ4v) is 3.55. The topological polar surface area (TPSA) is 126 Å². The zero-order valence-electron chi connectivity index (χ0n) is 15.8. The Balaban J connectivity index is 1.50. The Morgan fingerprint density at radius 3 is 2.73 bits per heavy atom. The van der Waals surface area contributed by atoms with E-state index in [0.717, 1.165) is 12.8 Å². The number of ether oxygens (including phenoxy) is 1. The Bertz CT molecular complexity index is 1310. The Hall–Kier alpha value is -3.95. The summed E-state index contributed by atoms with van der Waals surface area (Å²) in [6.45, 7) is 0.665. The quantitative estimate of drug-likeness (QED) is 0.677. The number of pyridine rings is 1. The molecule has 1 aliphatic heterocycles. The largest absolute Gasteiger partial charge is 0.447 e. The molecule has 2 N–H and O–H groups in total. The van der Waals surface area contributed by atoms with Crippen molar-refractivity contribution in [1.29, 1.82) is 0 Å². The molecule has 1 aromatic carbocycles. The van der Waals surface area contributed by atoms with Gasteiger partial charge in [0.05, 0.1) is 28.9 Å². The molecule has 2 aliphatic rings. The molecule has 2 aromatic heterocycles. The maximum Gasteiger partial charge on any atom is 0.414 e. The van der Waals surface area contributed by atoms with Crippen molar-refractivity contribution >= 4 is 34.4 Å². The number of hydrogen-bond donors (Lipinski definition) is 2. The fraction of sp³-hybridized carbons (Fsp3) is 0.250. The van der Waals surface area contributed by atoms with Gasteiger partial charge in [-0.15, -0.1) is 0 Å². The molecule has 5 rings (SSSR count). The lowest BCUT2D eigenvalue weighted by atomic mass is 10.2. The number of nitrogens with one attached hydrogen (secondary N) is 2. The van der Waals surface area contributed by atoms with Gasteiger partial charge in [0.1, 0.15) is 12.3 Å². The van der Waals surface area contributed by atoms with Crippen molar-refractivity contribution in [1.82, 2.24) is 14.5 Å². The van der Waals surface area contributed by atoms with Crippen molar-refractivity contribution in [2.24, 2.45) is 0 Å². The summed E-state index contributed by atoms with van der Waals surface area (Å²) in [5.74, 6) is -0.493. The first-order valence-corrected chi connectivity index (χ1v) is 9.52.